The zero-order valence-corrected chi connectivity index (χ0v) is 17.4. The molecule has 0 radical (unpaired) electrons. The predicted octanol–water partition coefficient (Wildman–Crippen LogP) is 4.87. The van der Waals surface area contributed by atoms with Gasteiger partial charge in [-0.05, 0) is 48.0 Å². The Labute approximate surface area is 189 Å². The van der Waals surface area contributed by atoms with Crippen LogP contribution >= 0.6 is 0 Å². The Hall–Kier alpha value is -4.33. The maximum Gasteiger partial charge on any atom is 0.387 e. The van der Waals surface area contributed by atoms with Crippen molar-refractivity contribution in [3.05, 3.63) is 103 Å². The number of carbonyl (C=O) groups excluding carboxylic acids is 1. The average Bonchev–Trinajstić information content (AvgIpc) is 3.27. The van der Waals surface area contributed by atoms with Gasteiger partial charge >= 0.3 is 6.61 Å². The third-order valence-electron chi connectivity index (χ3n) is 4.73. The maximum absolute atomic E-state index is 12.4. The van der Waals surface area contributed by atoms with E-state index in [2.05, 4.69) is 20.1 Å². The van der Waals surface area contributed by atoms with Gasteiger partial charge in [0.15, 0.2) is 0 Å². The largest absolute Gasteiger partial charge is 0.435 e. The van der Waals surface area contributed by atoms with E-state index in [0.717, 1.165) is 22.4 Å². The molecule has 0 aliphatic carbocycles. The van der Waals surface area contributed by atoms with Gasteiger partial charge in [0.2, 0.25) is 5.91 Å². The molecule has 2 heterocycles. The minimum absolute atomic E-state index is 0.0679. The molecule has 1 amide bonds. The minimum atomic E-state index is -2.87. The summed E-state index contributed by atoms with van der Waals surface area (Å²) in [5.41, 5.74) is 3.94. The first-order valence-electron chi connectivity index (χ1n) is 10.1. The van der Waals surface area contributed by atoms with Gasteiger partial charge in [0, 0.05) is 42.3 Å². The van der Waals surface area contributed by atoms with Crippen molar-refractivity contribution in [1.82, 2.24) is 20.1 Å². The number of pyridine rings is 1. The summed E-state index contributed by atoms with van der Waals surface area (Å²) in [7, 11) is 0. The predicted molar refractivity (Wildman–Crippen MR) is 121 cm³/mol. The lowest BCUT2D eigenvalue weighted by atomic mass is 10.1. The van der Waals surface area contributed by atoms with Crippen LogP contribution in [0.2, 0.25) is 0 Å². The molecule has 4 aromatic rings. The summed E-state index contributed by atoms with van der Waals surface area (Å²) in [6, 6.07) is 19.5. The molecule has 2 aromatic heterocycles. The van der Waals surface area contributed by atoms with E-state index in [0.29, 0.717) is 5.69 Å². The Kier molecular flexibility index (Phi) is 6.84. The highest BCUT2D eigenvalue weighted by Crippen LogP contribution is 2.24. The highest BCUT2D eigenvalue weighted by molar-refractivity contribution is 5.92. The van der Waals surface area contributed by atoms with Crippen LogP contribution in [0.3, 0.4) is 0 Å². The molecule has 0 bridgehead atoms. The fourth-order valence-corrected chi connectivity index (χ4v) is 3.15. The molecule has 8 heteroatoms. The third kappa shape index (κ3) is 5.88. The van der Waals surface area contributed by atoms with Crippen LogP contribution in [0.4, 0.5) is 8.78 Å². The van der Waals surface area contributed by atoms with Gasteiger partial charge in [0.25, 0.3) is 0 Å². The Morgan fingerprint density at radius 3 is 2.55 bits per heavy atom. The third-order valence-corrected chi connectivity index (χ3v) is 4.73. The van der Waals surface area contributed by atoms with Crippen LogP contribution in [0.25, 0.3) is 23.0 Å². The molecular weight excluding hydrogens is 426 g/mol. The topological polar surface area (TPSA) is 69.0 Å². The van der Waals surface area contributed by atoms with E-state index in [9.17, 15) is 13.6 Å². The Morgan fingerprint density at radius 1 is 1.06 bits per heavy atom. The number of para-hydroxylation sites is 1. The fourth-order valence-electron chi connectivity index (χ4n) is 3.15. The summed E-state index contributed by atoms with van der Waals surface area (Å²) in [5.74, 6) is -0.231. The number of halogens is 2. The van der Waals surface area contributed by atoms with Crippen LogP contribution in [-0.2, 0) is 11.3 Å². The monoisotopic (exact) mass is 446 g/mol. The van der Waals surface area contributed by atoms with Crippen molar-refractivity contribution < 1.29 is 18.3 Å². The molecule has 2 aromatic carbocycles. The van der Waals surface area contributed by atoms with Crippen LogP contribution in [0, 0.1) is 0 Å². The Balaban J connectivity index is 1.47. The Morgan fingerprint density at radius 2 is 1.85 bits per heavy atom. The van der Waals surface area contributed by atoms with Crippen molar-refractivity contribution in [3.63, 3.8) is 0 Å². The van der Waals surface area contributed by atoms with Crippen LogP contribution < -0.4 is 10.1 Å². The first-order chi connectivity index (χ1) is 16.1. The van der Waals surface area contributed by atoms with E-state index in [4.69, 9.17) is 0 Å². The lowest BCUT2D eigenvalue weighted by Crippen LogP contribution is -2.20. The van der Waals surface area contributed by atoms with Gasteiger partial charge in [-0.2, -0.15) is 13.9 Å². The van der Waals surface area contributed by atoms with Crippen molar-refractivity contribution >= 4 is 12.0 Å². The van der Waals surface area contributed by atoms with Gasteiger partial charge < -0.3 is 10.1 Å². The van der Waals surface area contributed by atoms with Crippen molar-refractivity contribution in [2.24, 2.45) is 0 Å². The second-order valence-electron chi connectivity index (χ2n) is 7.03. The molecule has 6 nitrogen and oxygen atoms in total. The molecule has 166 valence electrons. The van der Waals surface area contributed by atoms with Crippen molar-refractivity contribution in [2.45, 2.75) is 13.2 Å². The molecule has 0 spiro atoms. The summed E-state index contributed by atoms with van der Waals surface area (Å²) in [4.78, 5) is 16.5. The Bertz CT molecular complexity index is 1220. The van der Waals surface area contributed by atoms with Crippen LogP contribution in [0.1, 0.15) is 11.1 Å². The molecule has 1 N–H and O–H groups in total. The van der Waals surface area contributed by atoms with E-state index >= 15 is 0 Å². The van der Waals surface area contributed by atoms with E-state index in [1.54, 1.807) is 35.3 Å². The normalized spacial score (nSPS) is 11.1. The number of aromatic nitrogens is 3. The first-order valence-corrected chi connectivity index (χ1v) is 10.1. The maximum atomic E-state index is 12.4. The van der Waals surface area contributed by atoms with Gasteiger partial charge in [-0.25, -0.2) is 4.68 Å². The summed E-state index contributed by atoms with van der Waals surface area (Å²) in [6.45, 7) is -2.62. The van der Waals surface area contributed by atoms with Gasteiger partial charge in [0.05, 0.1) is 5.69 Å². The van der Waals surface area contributed by atoms with Gasteiger partial charge in [-0.3, -0.25) is 9.78 Å². The minimum Gasteiger partial charge on any atom is -0.435 e. The summed E-state index contributed by atoms with van der Waals surface area (Å²) >= 11 is 0. The van der Waals surface area contributed by atoms with Crippen LogP contribution in [0.15, 0.2) is 91.4 Å². The van der Waals surface area contributed by atoms with Crippen LogP contribution in [0.5, 0.6) is 5.75 Å². The standard InChI is InChI=1S/C25H20F2N4O2/c26-25(27)33-22-11-8-18(9-12-22)15-29-23(32)13-10-20-17-31(21-6-2-1-3-7-21)30-24(20)19-5-4-14-28-16-19/h1-14,16-17,25H,15H2,(H,29,32)/b13-10+. The lowest BCUT2D eigenvalue weighted by Gasteiger charge is -2.06. The smallest absolute Gasteiger partial charge is 0.387 e. The van der Waals surface area contributed by atoms with E-state index in [1.165, 1.54) is 18.2 Å². The highest BCUT2D eigenvalue weighted by atomic mass is 19.3. The number of hydrogen-bond donors (Lipinski definition) is 1. The molecule has 4 rings (SSSR count). The number of nitrogens with zero attached hydrogens (tertiary/aromatic N) is 3. The molecule has 0 atom stereocenters. The molecule has 0 fully saturated rings. The van der Waals surface area contributed by atoms with Crippen LogP contribution in [-0.4, -0.2) is 27.3 Å². The number of amides is 1. The van der Waals surface area contributed by atoms with Gasteiger partial charge in [-0.1, -0.05) is 30.3 Å². The zero-order valence-electron chi connectivity index (χ0n) is 17.4. The number of ether oxygens (including phenoxy) is 1. The number of benzene rings is 2. The van der Waals surface area contributed by atoms with E-state index < -0.39 is 6.61 Å². The van der Waals surface area contributed by atoms with Gasteiger partial charge in [0.1, 0.15) is 11.4 Å². The van der Waals surface area contributed by atoms with E-state index in [-0.39, 0.29) is 18.2 Å². The second-order valence-corrected chi connectivity index (χ2v) is 7.03. The SMILES string of the molecule is O=C(/C=C/c1cn(-c2ccccc2)nc1-c1cccnc1)NCc1ccc(OC(F)F)cc1. The fraction of sp³-hybridized carbons (Fsp3) is 0.0800. The van der Waals surface area contributed by atoms with E-state index in [1.807, 2.05) is 48.7 Å². The van der Waals surface area contributed by atoms with Crippen molar-refractivity contribution in [1.29, 1.82) is 0 Å². The van der Waals surface area contributed by atoms with Crippen molar-refractivity contribution in [3.8, 4) is 22.7 Å². The number of hydrogen-bond acceptors (Lipinski definition) is 4. The summed E-state index contributed by atoms with van der Waals surface area (Å²) < 4.78 is 30.5. The quantitative estimate of drug-likeness (QED) is 0.392. The second kappa shape index (κ2) is 10.3. The molecule has 0 aliphatic rings. The molecule has 0 aliphatic heterocycles. The highest BCUT2D eigenvalue weighted by Gasteiger charge is 2.11. The first kappa shape index (κ1) is 21.9. The molecule has 0 saturated heterocycles. The lowest BCUT2D eigenvalue weighted by molar-refractivity contribution is -0.116. The number of rotatable bonds is 8. The number of carbonyl (C=O) groups is 1. The number of alkyl halides is 2. The average molecular weight is 446 g/mol. The zero-order chi connectivity index (χ0) is 23.0. The van der Waals surface area contributed by atoms with Gasteiger partial charge in [-0.15, -0.1) is 0 Å². The number of nitrogens with one attached hydrogen (secondary N) is 1. The molecular formula is C25H20F2N4O2. The summed E-state index contributed by atoms with van der Waals surface area (Å²) in [6.07, 6.45) is 8.39. The summed E-state index contributed by atoms with van der Waals surface area (Å²) in [5, 5.41) is 7.45. The molecule has 0 saturated carbocycles. The van der Waals surface area contributed by atoms with Crippen molar-refractivity contribution in [2.75, 3.05) is 0 Å². The molecule has 33 heavy (non-hydrogen) atoms. The molecule has 0 unspecified atom stereocenters.